The molecule has 8 nitrogen and oxygen atoms in total. The molecule has 32 heavy (non-hydrogen) atoms. The molecule has 0 saturated carbocycles. The van der Waals surface area contributed by atoms with Gasteiger partial charge in [-0.05, 0) is 50.0 Å². The Balaban J connectivity index is 1.44. The standard InChI is InChI=1S/C24H30N8/c1-16-3-6-20(14-25-11-16)29-24-30-22-9-10-32(2)15-21(22)23(31-24)28-19-7-4-17(5-8-19)18-12-26-27-13-18/h4-5,7-8,12-13,16,25H,3,6,9-11,14-15H2,1-2H3,(H,26,27)(H,28,30,31)/b29-20-. The number of H-pyrrole nitrogens is 1. The molecule has 0 spiro atoms. The van der Waals surface area contributed by atoms with Gasteiger partial charge in [0, 0.05) is 54.8 Å². The van der Waals surface area contributed by atoms with Crippen molar-refractivity contribution < 1.29 is 0 Å². The molecule has 1 atom stereocenters. The van der Waals surface area contributed by atoms with Crippen molar-refractivity contribution in [3.05, 3.63) is 47.9 Å². The molecule has 0 bridgehead atoms. The number of nitrogens with one attached hydrogen (secondary N) is 3. The van der Waals surface area contributed by atoms with E-state index in [4.69, 9.17) is 15.0 Å². The van der Waals surface area contributed by atoms with Gasteiger partial charge < -0.3 is 15.5 Å². The van der Waals surface area contributed by atoms with E-state index in [-0.39, 0.29) is 0 Å². The minimum atomic E-state index is 0.567. The molecule has 8 heteroatoms. The Morgan fingerprint density at radius 3 is 2.81 bits per heavy atom. The van der Waals surface area contributed by atoms with E-state index in [0.717, 1.165) is 85.0 Å². The predicted octanol–water partition coefficient (Wildman–Crippen LogP) is 3.69. The van der Waals surface area contributed by atoms with Crippen LogP contribution < -0.4 is 10.6 Å². The fraction of sp³-hybridized carbons (Fsp3) is 0.417. The van der Waals surface area contributed by atoms with E-state index >= 15 is 0 Å². The van der Waals surface area contributed by atoms with Crippen molar-refractivity contribution in [1.29, 1.82) is 0 Å². The van der Waals surface area contributed by atoms with Gasteiger partial charge in [-0.2, -0.15) is 10.1 Å². The van der Waals surface area contributed by atoms with E-state index in [9.17, 15) is 0 Å². The molecule has 5 rings (SSSR count). The summed E-state index contributed by atoms with van der Waals surface area (Å²) in [5, 5.41) is 13.9. The fourth-order valence-electron chi connectivity index (χ4n) is 4.28. The van der Waals surface area contributed by atoms with E-state index in [1.165, 1.54) is 0 Å². The van der Waals surface area contributed by atoms with Crippen molar-refractivity contribution in [2.75, 3.05) is 32.0 Å². The molecule has 2 aromatic heterocycles. The first kappa shape index (κ1) is 20.8. The van der Waals surface area contributed by atoms with Crippen LogP contribution in [0.5, 0.6) is 0 Å². The summed E-state index contributed by atoms with van der Waals surface area (Å²) >= 11 is 0. The van der Waals surface area contributed by atoms with Crippen molar-refractivity contribution in [2.45, 2.75) is 32.7 Å². The molecule has 1 aromatic carbocycles. The van der Waals surface area contributed by atoms with Gasteiger partial charge in [0.05, 0.1) is 11.9 Å². The van der Waals surface area contributed by atoms with Crippen LogP contribution in [0.3, 0.4) is 0 Å². The number of rotatable bonds is 4. The average molecular weight is 431 g/mol. The van der Waals surface area contributed by atoms with Crippen LogP contribution >= 0.6 is 0 Å². The molecule has 1 unspecified atom stereocenters. The van der Waals surface area contributed by atoms with E-state index < -0.39 is 0 Å². The van der Waals surface area contributed by atoms with Gasteiger partial charge in [0.2, 0.25) is 0 Å². The Bertz CT molecular complexity index is 1090. The molecule has 0 radical (unpaired) electrons. The topological polar surface area (TPSA) is 94.1 Å². The third kappa shape index (κ3) is 4.71. The maximum atomic E-state index is 4.86. The van der Waals surface area contributed by atoms with Crippen LogP contribution in [0.2, 0.25) is 0 Å². The molecule has 166 valence electrons. The lowest BCUT2D eigenvalue weighted by Crippen LogP contribution is -2.28. The minimum Gasteiger partial charge on any atom is -0.340 e. The van der Waals surface area contributed by atoms with E-state index in [1.54, 1.807) is 0 Å². The lowest BCUT2D eigenvalue weighted by molar-refractivity contribution is 0.310. The summed E-state index contributed by atoms with van der Waals surface area (Å²) in [4.78, 5) is 16.9. The molecule has 3 N–H and O–H groups in total. The summed E-state index contributed by atoms with van der Waals surface area (Å²) in [5.74, 6) is 2.09. The third-order valence-electron chi connectivity index (χ3n) is 6.22. The first-order valence-corrected chi connectivity index (χ1v) is 11.4. The van der Waals surface area contributed by atoms with Gasteiger partial charge in [0.1, 0.15) is 5.82 Å². The molecule has 0 aliphatic carbocycles. The molecule has 2 aliphatic rings. The Morgan fingerprint density at radius 2 is 2.00 bits per heavy atom. The maximum absolute atomic E-state index is 4.86. The highest BCUT2D eigenvalue weighted by atomic mass is 15.2. The summed E-state index contributed by atoms with van der Waals surface area (Å²) in [6.45, 7) is 5.96. The van der Waals surface area contributed by atoms with Gasteiger partial charge in [0.15, 0.2) is 0 Å². The van der Waals surface area contributed by atoms with Crippen molar-refractivity contribution in [2.24, 2.45) is 10.9 Å². The lowest BCUT2D eigenvalue weighted by atomic mass is 10.1. The first-order valence-electron chi connectivity index (χ1n) is 11.4. The van der Waals surface area contributed by atoms with Gasteiger partial charge >= 0.3 is 0 Å². The Labute approximate surface area is 188 Å². The summed E-state index contributed by atoms with van der Waals surface area (Å²) in [6.07, 6.45) is 6.78. The molecule has 3 aromatic rings. The quantitative estimate of drug-likeness (QED) is 0.584. The number of aliphatic imine (C=N–C) groups is 1. The van der Waals surface area contributed by atoms with Gasteiger partial charge in [-0.25, -0.2) is 9.98 Å². The number of nitrogens with zero attached hydrogens (tertiary/aromatic N) is 5. The van der Waals surface area contributed by atoms with Crippen LogP contribution in [-0.2, 0) is 13.0 Å². The average Bonchev–Trinajstić information content (AvgIpc) is 3.26. The van der Waals surface area contributed by atoms with Crippen molar-refractivity contribution >= 4 is 23.2 Å². The number of fused-ring (bicyclic) bond motifs is 1. The molecular formula is C24H30N8. The predicted molar refractivity (Wildman–Crippen MR) is 128 cm³/mol. The minimum absolute atomic E-state index is 0.567. The second-order valence-corrected chi connectivity index (χ2v) is 8.93. The fourth-order valence-corrected chi connectivity index (χ4v) is 4.28. The van der Waals surface area contributed by atoms with Crippen LogP contribution in [-0.4, -0.2) is 57.5 Å². The number of anilines is 2. The van der Waals surface area contributed by atoms with E-state index in [2.05, 4.69) is 64.0 Å². The van der Waals surface area contributed by atoms with Crippen LogP contribution in [0.15, 0.2) is 41.7 Å². The van der Waals surface area contributed by atoms with Crippen LogP contribution in [0.25, 0.3) is 11.1 Å². The Morgan fingerprint density at radius 1 is 1.12 bits per heavy atom. The van der Waals surface area contributed by atoms with Gasteiger partial charge in [-0.15, -0.1) is 0 Å². The zero-order valence-corrected chi connectivity index (χ0v) is 18.7. The van der Waals surface area contributed by atoms with Crippen LogP contribution in [0.4, 0.5) is 17.5 Å². The first-order chi connectivity index (χ1) is 15.6. The molecule has 0 amide bonds. The molecule has 2 aliphatic heterocycles. The number of aromatic amines is 1. The summed E-state index contributed by atoms with van der Waals surface area (Å²) in [7, 11) is 2.14. The number of hydrogen-bond donors (Lipinski definition) is 3. The van der Waals surface area contributed by atoms with Crippen molar-refractivity contribution in [3.63, 3.8) is 0 Å². The molecule has 4 heterocycles. The second kappa shape index (κ2) is 9.18. The zero-order chi connectivity index (χ0) is 21.9. The number of hydrogen-bond acceptors (Lipinski definition) is 7. The highest BCUT2D eigenvalue weighted by Crippen LogP contribution is 2.29. The largest absolute Gasteiger partial charge is 0.340 e. The molecule has 1 fully saturated rings. The highest BCUT2D eigenvalue weighted by molar-refractivity contribution is 5.88. The van der Waals surface area contributed by atoms with Crippen molar-refractivity contribution in [1.82, 2.24) is 30.4 Å². The summed E-state index contributed by atoms with van der Waals surface area (Å²) in [5.41, 5.74) is 6.59. The van der Waals surface area contributed by atoms with Gasteiger partial charge in [-0.3, -0.25) is 5.10 Å². The normalized spacial score (nSPS) is 20.7. The maximum Gasteiger partial charge on any atom is 0.251 e. The zero-order valence-electron chi connectivity index (χ0n) is 18.7. The second-order valence-electron chi connectivity index (χ2n) is 8.93. The highest BCUT2D eigenvalue weighted by Gasteiger charge is 2.21. The van der Waals surface area contributed by atoms with E-state index in [1.807, 2.05) is 12.4 Å². The Hall–Kier alpha value is -3.10. The SMILES string of the molecule is CC1CC/C(=N/c2nc3c(c(Nc4ccc(-c5cn[nH]c5)cc4)n2)CN(C)CC3)CNC1. The summed E-state index contributed by atoms with van der Waals surface area (Å²) in [6, 6.07) is 8.33. The number of benzene rings is 1. The van der Waals surface area contributed by atoms with Crippen LogP contribution in [0, 0.1) is 5.92 Å². The third-order valence-corrected chi connectivity index (χ3v) is 6.22. The Kier molecular flexibility index (Phi) is 5.96. The summed E-state index contributed by atoms with van der Waals surface area (Å²) < 4.78 is 0. The monoisotopic (exact) mass is 430 g/mol. The number of aromatic nitrogens is 4. The molecular weight excluding hydrogens is 400 g/mol. The van der Waals surface area contributed by atoms with Gasteiger partial charge in [-0.1, -0.05) is 19.1 Å². The smallest absolute Gasteiger partial charge is 0.251 e. The molecule has 1 saturated heterocycles. The number of likely N-dealkylation sites (N-methyl/N-ethyl adjacent to an activating group) is 1. The van der Waals surface area contributed by atoms with Crippen LogP contribution in [0.1, 0.15) is 31.0 Å². The van der Waals surface area contributed by atoms with Gasteiger partial charge in [0.25, 0.3) is 5.95 Å². The van der Waals surface area contributed by atoms with Crippen molar-refractivity contribution in [3.8, 4) is 11.1 Å². The van der Waals surface area contributed by atoms with E-state index in [0.29, 0.717) is 11.9 Å². The lowest BCUT2D eigenvalue weighted by Gasteiger charge is -2.26.